The van der Waals surface area contributed by atoms with Gasteiger partial charge >= 0.3 is 0 Å². The van der Waals surface area contributed by atoms with Gasteiger partial charge in [-0.3, -0.25) is 4.79 Å². The van der Waals surface area contributed by atoms with E-state index >= 15 is 0 Å². The van der Waals surface area contributed by atoms with Gasteiger partial charge in [-0.2, -0.15) is 0 Å². The average Bonchev–Trinajstić information content (AvgIpc) is 2.61. The van der Waals surface area contributed by atoms with E-state index in [1.807, 2.05) is 13.8 Å². The Hall–Kier alpha value is -0.570. The second-order valence-corrected chi connectivity index (χ2v) is 5.24. The van der Waals surface area contributed by atoms with E-state index in [0.29, 0.717) is 6.04 Å². The molecule has 0 saturated heterocycles. The van der Waals surface area contributed by atoms with Crippen LogP contribution in [0.5, 0.6) is 0 Å². The lowest BCUT2D eigenvalue weighted by Gasteiger charge is -2.17. The summed E-state index contributed by atoms with van der Waals surface area (Å²) in [5, 5.41) is 6.55. The molecule has 3 nitrogen and oxygen atoms in total. The van der Waals surface area contributed by atoms with E-state index in [4.69, 9.17) is 0 Å². The van der Waals surface area contributed by atoms with Gasteiger partial charge in [-0.05, 0) is 19.3 Å². The third-order valence-electron chi connectivity index (χ3n) is 3.77. The first-order valence-corrected chi connectivity index (χ1v) is 7.25. The van der Waals surface area contributed by atoms with E-state index in [1.54, 1.807) is 0 Å². The van der Waals surface area contributed by atoms with Gasteiger partial charge < -0.3 is 10.6 Å². The summed E-state index contributed by atoms with van der Waals surface area (Å²) in [6.45, 7) is 5.70. The number of hydrogen-bond acceptors (Lipinski definition) is 2. The standard InChI is InChI=1S/C14H28N2O/c1-3-12(2)14(17)16-11-10-15-13-8-6-4-5-7-9-13/h12-13,15H,3-11H2,1-2H3,(H,16,17)/t12-/m1/s1. The molecule has 1 fully saturated rings. The second kappa shape index (κ2) is 8.51. The molecule has 0 aliphatic heterocycles. The predicted molar refractivity (Wildman–Crippen MR) is 72.0 cm³/mol. The largest absolute Gasteiger partial charge is 0.355 e. The van der Waals surface area contributed by atoms with Gasteiger partial charge in [0.2, 0.25) is 5.91 Å². The lowest BCUT2D eigenvalue weighted by atomic mass is 10.1. The van der Waals surface area contributed by atoms with Gasteiger partial charge in [0.1, 0.15) is 0 Å². The Morgan fingerprint density at radius 2 is 1.82 bits per heavy atom. The van der Waals surface area contributed by atoms with Crippen LogP contribution < -0.4 is 10.6 Å². The van der Waals surface area contributed by atoms with Crippen molar-refractivity contribution in [1.29, 1.82) is 0 Å². The molecule has 1 saturated carbocycles. The Labute approximate surface area is 106 Å². The van der Waals surface area contributed by atoms with Crippen LogP contribution >= 0.6 is 0 Å². The highest BCUT2D eigenvalue weighted by Crippen LogP contribution is 2.16. The maximum Gasteiger partial charge on any atom is 0.222 e. The Morgan fingerprint density at radius 3 is 2.41 bits per heavy atom. The van der Waals surface area contributed by atoms with Crippen molar-refractivity contribution in [3.63, 3.8) is 0 Å². The average molecular weight is 240 g/mol. The maximum absolute atomic E-state index is 11.5. The summed E-state index contributed by atoms with van der Waals surface area (Å²) in [5.41, 5.74) is 0. The predicted octanol–water partition coefficient (Wildman–Crippen LogP) is 2.46. The molecule has 0 bridgehead atoms. The van der Waals surface area contributed by atoms with E-state index in [2.05, 4.69) is 10.6 Å². The Kier molecular flexibility index (Phi) is 7.25. The summed E-state index contributed by atoms with van der Waals surface area (Å²) < 4.78 is 0. The zero-order valence-corrected chi connectivity index (χ0v) is 11.4. The summed E-state index contributed by atoms with van der Waals surface area (Å²) in [5.74, 6) is 0.336. The fourth-order valence-corrected chi connectivity index (χ4v) is 2.31. The minimum atomic E-state index is 0.146. The molecule has 0 unspecified atom stereocenters. The van der Waals surface area contributed by atoms with E-state index in [-0.39, 0.29) is 11.8 Å². The lowest BCUT2D eigenvalue weighted by molar-refractivity contribution is -0.124. The van der Waals surface area contributed by atoms with E-state index in [0.717, 1.165) is 19.5 Å². The number of carbonyl (C=O) groups is 1. The highest BCUT2D eigenvalue weighted by atomic mass is 16.1. The normalized spacial score (nSPS) is 19.6. The fraction of sp³-hybridized carbons (Fsp3) is 0.929. The van der Waals surface area contributed by atoms with E-state index in [9.17, 15) is 4.79 Å². The van der Waals surface area contributed by atoms with Gasteiger partial charge in [0.15, 0.2) is 0 Å². The van der Waals surface area contributed by atoms with Crippen molar-refractivity contribution >= 4 is 5.91 Å². The molecule has 1 amide bonds. The van der Waals surface area contributed by atoms with Crippen LogP contribution in [0.4, 0.5) is 0 Å². The molecule has 1 aliphatic carbocycles. The molecule has 0 spiro atoms. The van der Waals surface area contributed by atoms with Crippen LogP contribution in [0.1, 0.15) is 58.8 Å². The third kappa shape index (κ3) is 6.06. The summed E-state index contributed by atoms with van der Waals surface area (Å²) >= 11 is 0. The van der Waals surface area contributed by atoms with Gasteiger partial charge in [-0.15, -0.1) is 0 Å². The highest BCUT2D eigenvalue weighted by molar-refractivity contribution is 5.78. The van der Waals surface area contributed by atoms with E-state index < -0.39 is 0 Å². The lowest BCUT2D eigenvalue weighted by Crippen LogP contribution is -2.38. The topological polar surface area (TPSA) is 41.1 Å². The molecule has 100 valence electrons. The summed E-state index contributed by atoms with van der Waals surface area (Å²) in [4.78, 5) is 11.5. The minimum Gasteiger partial charge on any atom is -0.355 e. The van der Waals surface area contributed by atoms with Crippen molar-refractivity contribution in [2.24, 2.45) is 5.92 Å². The van der Waals surface area contributed by atoms with Crippen LogP contribution in [-0.2, 0) is 4.79 Å². The first-order valence-electron chi connectivity index (χ1n) is 7.25. The zero-order chi connectivity index (χ0) is 12.5. The molecule has 0 aromatic carbocycles. The highest BCUT2D eigenvalue weighted by Gasteiger charge is 2.12. The number of amides is 1. The molecule has 2 N–H and O–H groups in total. The van der Waals surface area contributed by atoms with Gasteiger partial charge in [0, 0.05) is 25.0 Å². The first-order chi connectivity index (χ1) is 8.24. The summed E-state index contributed by atoms with van der Waals surface area (Å²) in [6, 6.07) is 0.679. The summed E-state index contributed by atoms with van der Waals surface area (Å²) in [6.07, 6.45) is 9.03. The smallest absolute Gasteiger partial charge is 0.222 e. The molecule has 0 heterocycles. The van der Waals surface area contributed by atoms with Crippen LogP contribution in [0.15, 0.2) is 0 Å². The number of rotatable bonds is 6. The van der Waals surface area contributed by atoms with Gasteiger partial charge in [0.05, 0.1) is 0 Å². The van der Waals surface area contributed by atoms with Crippen molar-refractivity contribution in [2.45, 2.75) is 64.8 Å². The van der Waals surface area contributed by atoms with Crippen molar-refractivity contribution in [3.8, 4) is 0 Å². The van der Waals surface area contributed by atoms with Crippen molar-refractivity contribution in [1.82, 2.24) is 10.6 Å². The molecule has 1 rings (SSSR count). The zero-order valence-electron chi connectivity index (χ0n) is 11.4. The van der Waals surface area contributed by atoms with Crippen molar-refractivity contribution in [3.05, 3.63) is 0 Å². The van der Waals surface area contributed by atoms with Gasteiger partial charge in [-0.25, -0.2) is 0 Å². The number of carbonyl (C=O) groups excluding carboxylic acids is 1. The monoisotopic (exact) mass is 240 g/mol. The molecule has 0 aromatic heterocycles. The summed E-state index contributed by atoms with van der Waals surface area (Å²) in [7, 11) is 0. The van der Waals surface area contributed by atoms with E-state index in [1.165, 1.54) is 38.5 Å². The number of hydrogen-bond donors (Lipinski definition) is 2. The van der Waals surface area contributed by atoms with Crippen LogP contribution in [0.25, 0.3) is 0 Å². The van der Waals surface area contributed by atoms with Gasteiger partial charge in [0.25, 0.3) is 0 Å². The molecule has 1 atom stereocenters. The molecular weight excluding hydrogens is 212 g/mol. The van der Waals surface area contributed by atoms with Crippen LogP contribution in [0, 0.1) is 5.92 Å². The second-order valence-electron chi connectivity index (χ2n) is 5.24. The molecule has 3 heteroatoms. The molecule has 0 aromatic rings. The Balaban J connectivity index is 2.04. The van der Waals surface area contributed by atoms with Crippen LogP contribution in [-0.4, -0.2) is 25.0 Å². The minimum absolute atomic E-state index is 0.146. The fourth-order valence-electron chi connectivity index (χ4n) is 2.31. The van der Waals surface area contributed by atoms with Crippen molar-refractivity contribution in [2.75, 3.05) is 13.1 Å². The SMILES string of the molecule is CC[C@@H](C)C(=O)NCCNC1CCCCCC1. The molecule has 0 radical (unpaired) electrons. The van der Waals surface area contributed by atoms with Crippen molar-refractivity contribution < 1.29 is 4.79 Å². The van der Waals surface area contributed by atoms with Gasteiger partial charge in [-0.1, -0.05) is 39.5 Å². The Bertz CT molecular complexity index is 210. The Morgan fingerprint density at radius 1 is 1.18 bits per heavy atom. The first kappa shape index (κ1) is 14.5. The number of nitrogens with one attached hydrogen (secondary N) is 2. The molecule has 17 heavy (non-hydrogen) atoms. The van der Waals surface area contributed by atoms with Crippen LogP contribution in [0.3, 0.4) is 0 Å². The molecular formula is C14H28N2O. The van der Waals surface area contributed by atoms with Crippen LogP contribution in [0.2, 0.25) is 0 Å². The maximum atomic E-state index is 11.5. The quantitative estimate of drug-likeness (QED) is 0.553. The third-order valence-corrected chi connectivity index (χ3v) is 3.77. The molecule has 1 aliphatic rings.